The number of hydrogen-bond acceptors (Lipinski definition) is 4. The van der Waals surface area contributed by atoms with Crippen LogP contribution in [0.2, 0.25) is 0 Å². The van der Waals surface area contributed by atoms with Crippen molar-refractivity contribution in [3.05, 3.63) is 0 Å². The number of nitrogens with zero attached hydrogens (tertiary/aromatic N) is 3. The molecule has 23 heavy (non-hydrogen) atoms. The van der Waals surface area contributed by atoms with Crippen LogP contribution in [0.3, 0.4) is 0 Å². The fourth-order valence-corrected chi connectivity index (χ4v) is 3.57. The molecule has 1 aliphatic heterocycles. The van der Waals surface area contributed by atoms with Crippen LogP contribution in [0.15, 0.2) is 0 Å². The van der Waals surface area contributed by atoms with Gasteiger partial charge in [0.05, 0.1) is 12.1 Å². The number of nitriles is 1. The zero-order valence-electron chi connectivity index (χ0n) is 14.3. The smallest absolute Gasteiger partial charge is 0.238 e. The molecule has 0 bridgehead atoms. The van der Waals surface area contributed by atoms with E-state index in [9.17, 15) is 14.9 Å². The van der Waals surface area contributed by atoms with Crippen LogP contribution in [0.4, 0.5) is 0 Å². The number of nitrogens with one attached hydrogen (secondary N) is 1. The fraction of sp³-hybridized carbons (Fsp3) is 0.824. The molecule has 0 spiro atoms. The molecule has 1 N–H and O–H groups in total. The SMILES string of the molecule is CC(=O)N1CCCN(C(C)C(=O)NC2(C#N)CCCCC2)CC1. The summed E-state index contributed by atoms with van der Waals surface area (Å²) < 4.78 is 0. The summed E-state index contributed by atoms with van der Waals surface area (Å²) in [6, 6.07) is 2.07. The Morgan fingerprint density at radius 1 is 1.09 bits per heavy atom. The molecule has 1 unspecified atom stereocenters. The van der Waals surface area contributed by atoms with Gasteiger partial charge >= 0.3 is 0 Å². The first-order valence-electron chi connectivity index (χ1n) is 8.70. The first kappa shape index (κ1) is 17.7. The Hall–Kier alpha value is -1.61. The lowest BCUT2D eigenvalue weighted by molar-refractivity contribution is -0.128. The maximum Gasteiger partial charge on any atom is 0.238 e. The van der Waals surface area contributed by atoms with Crippen LogP contribution in [0, 0.1) is 11.3 Å². The van der Waals surface area contributed by atoms with Gasteiger partial charge in [0.15, 0.2) is 0 Å². The molecule has 128 valence electrons. The van der Waals surface area contributed by atoms with Crippen LogP contribution in [0.5, 0.6) is 0 Å². The lowest BCUT2D eigenvalue weighted by Crippen LogP contribution is -2.55. The third kappa shape index (κ3) is 4.44. The summed E-state index contributed by atoms with van der Waals surface area (Å²) in [5, 5.41) is 12.5. The zero-order valence-corrected chi connectivity index (χ0v) is 14.3. The summed E-state index contributed by atoms with van der Waals surface area (Å²) in [5.74, 6) is 0.0271. The van der Waals surface area contributed by atoms with Crippen molar-refractivity contribution in [2.45, 2.75) is 64.0 Å². The summed E-state index contributed by atoms with van der Waals surface area (Å²) >= 11 is 0. The summed E-state index contributed by atoms with van der Waals surface area (Å²) in [5.41, 5.74) is -0.680. The molecule has 0 aromatic heterocycles. The van der Waals surface area contributed by atoms with Crippen molar-refractivity contribution in [1.82, 2.24) is 15.1 Å². The van der Waals surface area contributed by atoms with E-state index in [0.717, 1.165) is 51.6 Å². The molecule has 6 heteroatoms. The molecule has 1 saturated carbocycles. The van der Waals surface area contributed by atoms with Crippen LogP contribution in [-0.2, 0) is 9.59 Å². The third-order valence-electron chi connectivity index (χ3n) is 5.19. The molecular weight excluding hydrogens is 292 g/mol. The van der Waals surface area contributed by atoms with Gasteiger partial charge in [-0.2, -0.15) is 5.26 Å². The molecule has 1 saturated heterocycles. The maximum atomic E-state index is 12.6. The lowest BCUT2D eigenvalue weighted by atomic mass is 9.82. The van der Waals surface area contributed by atoms with E-state index in [1.54, 1.807) is 6.92 Å². The predicted molar refractivity (Wildman–Crippen MR) is 87.5 cm³/mol. The zero-order chi connectivity index (χ0) is 16.9. The fourth-order valence-electron chi connectivity index (χ4n) is 3.57. The Morgan fingerprint density at radius 2 is 1.78 bits per heavy atom. The third-order valence-corrected chi connectivity index (χ3v) is 5.19. The quantitative estimate of drug-likeness (QED) is 0.849. The number of hydrogen-bond donors (Lipinski definition) is 1. The van der Waals surface area contributed by atoms with Gasteiger partial charge in [-0.25, -0.2) is 0 Å². The Labute approximate surface area is 138 Å². The van der Waals surface area contributed by atoms with Gasteiger partial charge in [-0.1, -0.05) is 19.3 Å². The minimum absolute atomic E-state index is 0.0651. The second-order valence-corrected chi connectivity index (χ2v) is 6.82. The molecule has 6 nitrogen and oxygen atoms in total. The molecular formula is C17H28N4O2. The molecule has 2 rings (SSSR count). The largest absolute Gasteiger partial charge is 0.342 e. The number of rotatable bonds is 3. The molecule has 1 aliphatic carbocycles. The van der Waals surface area contributed by atoms with Gasteiger partial charge in [0, 0.05) is 33.1 Å². The highest BCUT2D eigenvalue weighted by molar-refractivity contribution is 5.82. The van der Waals surface area contributed by atoms with Crippen molar-refractivity contribution in [3.63, 3.8) is 0 Å². The minimum atomic E-state index is -0.680. The molecule has 0 aromatic carbocycles. The highest BCUT2D eigenvalue weighted by Gasteiger charge is 2.36. The average molecular weight is 320 g/mol. The summed E-state index contributed by atoms with van der Waals surface area (Å²) in [7, 11) is 0. The van der Waals surface area contributed by atoms with Crippen LogP contribution < -0.4 is 5.32 Å². The van der Waals surface area contributed by atoms with Crippen molar-refractivity contribution in [3.8, 4) is 6.07 Å². The number of amides is 2. The van der Waals surface area contributed by atoms with Gasteiger partial charge in [-0.05, 0) is 26.2 Å². The van der Waals surface area contributed by atoms with Crippen LogP contribution in [0.25, 0.3) is 0 Å². The molecule has 1 heterocycles. The van der Waals surface area contributed by atoms with E-state index in [2.05, 4.69) is 16.3 Å². The van der Waals surface area contributed by atoms with E-state index in [4.69, 9.17) is 0 Å². The average Bonchev–Trinajstić information content (AvgIpc) is 2.81. The van der Waals surface area contributed by atoms with Crippen LogP contribution in [0.1, 0.15) is 52.4 Å². The van der Waals surface area contributed by atoms with E-state index in [-0.39, 0.29) is 17.9 Å². The topological polar surface area (TPSA) is 76.4 Å². The van der Waals surface area contributed by atoms with E-state index in [1.165, 1.54) is 0 Å². The lowest BCUT2D eigenvalue weighted by Gasteiger charge is -2.34. The molecule has 0 aromatic rings. The van der Waals surface area contributed by atoms with Gasteiger partial charge in [-0.3, -0.25) is 14.5 Å². The molecule has 0 radical (unpaired) electrons. The minimum Gasteiger partial charge on any atom is -0.342 e. The van der Waals surface area contributed by atoms with Crippen molar-refractivity contribution in [1.29, 1.82) is 5.26 Å². The Morgan fingerprint density at radius 3 is 2.39 bits per heavy atom. The normalized spacial score (nSPS) is 23.4. The number of carbonyl (C=O) groups excluding carboxylic acids is 2. The molecule has 2 amide bonds. The first-order valence-corrected chi connectivity index (χ1v) is 8.70. The molecule has 2 aliphatic rings. The van der Waals surface area contributed by atoms with Crippen LogP contribution >= 0.6 is 0 Å². The van der Waals surface area contributed by atoms with Gasteiger partial charge in [0.2, 0.25) is 11.8 Å². The monoisotopic (exact) mass is 320 g/mol. The highest BCUT2D eigenvalue weighted by atomic mass is 16.2. The van der Waals surface area contributed by atoms with E-state index in [0.29, 0.717) is 13.1 Å². The van der Waals surface area contributed by atoms with E-state index < -0.39 is 5.54 Å². The highest BCUT2D eigenvalue weighted by Crippen LogP contribution is 2.27. The van der Waals surface area contributed by atoms with Crippen molar-refractivity contribution < 1.29 is 9.59 Å². The maximum absolute atomic E-state index is 12.6. The second kappa shape index (κ2) is 7.78. The summed E-state index contributed by atoms with van der Waals surface area (Å²) in [6.45, 7) is 6.41. The predicted octanol–water partition coefficient (Wildman–Crippen LogP) is 1.27. The van der Waals surface area contributed by atoms with Crippen LogP contribution in [-0.4, -0.2) is 59.4 Å². The summed E-state index contributed by atoms with van der Waals surface area (Å²) in [6.07, 6.45) is 5.52. The van der Waals surface area contributed by atoms with Crippen molar-refractivity contribution >= 4 is 11.8 Å². The first-order chi connectivity index (χ1) is 11.0. The van der Waals surface area contributed by atoms with Gasteiger partial charge in [0.1, 0.15) is 5.54 Å². The van der Waals surface area contributed by atoms with Gasteiger partial charge in [-0.15, -0.1) is 0 Å². The van der Waals surface area contributed by atoms with Crippen molar-refractivity contribution in [2.24, 2.45) is 0 Å². The van der Waals surface area contributed by atoms with Gasteiger partial charge < -0.3 is 10.2 Å². The number of carbonyl (C=O) groups is 2. The van der Waals surface area contributed by atoms with Gasteiger partial charge in [0.25, 0.3) is 0 Å². The Balaban J connectivity index is 1.94. The van der Waals surface area contributed by atoms with E-state index in [1.807, 2.05) is 11.8 Å². The Kier molecular flexibility index (Phi) is 6.00. The van der Waals surface area contributed by atoms with E-state index >= 15 is 0 Å². The van der Waals surface area contributed by atoms with Crippen molar-refractivity contribution in [2.75, 3.05) is 26.2 Å². The Bertz CT molecular complexity index is 479. The standard InChI is InChI=1S/C17H28N4O2/c1-14(20-9-6-10-21(12-11-20)15(2)22)16(23)19-17(13-18)7-4-3-5-8-17/h14H,3-12H2,1-2H3,(H,19,23). The molecule has 2 fully saturated rings. The second-order valence-electron chi connectivity index (χ2n) is 6.82. The summed E-state index contributed by atoms with van der Waals surface area (Å²) in [4.78, 5) is 28.1. The molecule has 1 atom stereocenters.